The van der Waals surface area contributed by atoms with Crippen LogP contribution in [0.25, 0.3) is 10.9 Å². The average Bonchev–Trinajstić information content (AvgIpc) is 2.99. The number of fused-ring (bicyclic) bond motifs is 1. The molecule has 8 heteroatoms. The highest BCUT2D eigenvalue weighted by molar-refractivity contribution is 7.89. The highest BCUT2D eigenvalue weighted by atomic mass is 32.2. The molecule has 2 aromatic carbocycles. The summed E-state index contributed by atoms with van der Waals surface area (Å²) in [7, 11) is -1.87. The molecule has 0 saturated carbocycles. The molecule has 148 valence electrons. The van der Waals surface area contributed by atoms with Crippen molar-refractivity contribution in [2.75, 3.05) is 11.9 Å². The lowest BCUT2D eigenvalue weighted by molar-refractivity contribution is -0.114. The van der Waals surface area contributed by atoms with E-state index in [1.807, 2.05) is 36.0 Å². The molecule has 0 aliphatic rings. The van der Waals surface area contributed by atoms with Crippen LogP contribution in [0.15, 0.2) is 53.6 Å². The van der Waals surface area contributed by atoms with Crippen molar-refractivity contribution in [1.82, 2.24) is 9.29 Å². The number of hydrogen-bond donors (Lipinski definition) is 3. The fourth-order valence-electron chi connectivity index (χ4n) is 3.12. The molecule has 3 rings (SSSR count). The summed E-state index contributed by atoms with van der Waals surface area (Å²) in [6.07, 6.45) is 0.954. The van der Waals surface area contributed by atoms with E-state index < -0.39 is 16.1 Å². The number of amides is 1. The van der Waals surface area contributed by atoms with Crippen LogP contribution in [0.2, 0.25) is 0 Å². The summed E-state index contributed by atoms with van der Waals surface area (Å²) in [5.74, 6) is -0.230. The Morgan fingerprint density at radius 3 is 2.61 bits per heavy atom. The van der Waals surface area contributed by atoms with Crippen LogP contribution in [0.1, 0.15) is 24.2 Å². The Bertz CT molecular complexity index is 1140. The Morgan fingerprint density at radius 1 is 1.18 bits per heavy atom. The molecule has 1 amide bonds. The first-order chi connectivity index (χ1) is 13.2. The number of benzene rings is 2. The molecule has 28 heavy (non-hydrogen) atoms. The number of sulfonamides is 1. The Hall–Kier alpha value is -2.68. The lowest BCUT2D eigenvalue weighted by Gasteiger charge is -2.15. The first kappa shape index (κ1) is 20.1. The van der Waals surface area contributed by atoms with E-state index in [0.717, 1.165) is 10.9 Å². The zero-order valence-corrected chi connectivity index (χ0v) is 16.7. The standard InChI is InChI=1S/C20H23N3O4S/c1-13-10-17(22-14(2)24)5-7-20(13)28(26,27)21-12-19(25)16-4-6-18-15(11-16)8-9-23(18)3/h4-11,19,21,25H,12H2,1-3H3,(H,22,24). The van der Waals surface area contributed by atoms with E-state index in [4.69, 9.17) is 0 Å². The van der Waals surface area contributed by atoms with Gasteiger partial charge < -0.3 is 15.0 Å². The second kappa shape index (κ2) is 7.75. The molecule has 0 fully saturated rings. The predicted molar refractivity (Wildman–Crippen MR) is 109 cm³/mol. The zero-order chi connectivity index (χ0) is 20.5. The van der Waals surface area contributed by atoms with Gasteiger partial charge in [-0.3, -0.25) is 4.79 Å². The summed E-state index contributed by atoms with van der Waals surface area (Å²) in [6, 6.07) is 12.0. The third-order valence-corrected chi connectivity index (χ3v) is 6.13. The van der Waals surface area contributed by atoms with Crippen molar-refractivity contribution in [3.8, 4) is 0 Å². The Labute approximate surface area is 164 Å². The number of aryl methyl sites for hydroxylation is 2. The first-order valence-electron chi connectivity index (χ1n) is 8.78. The van der Waals surface area contributed by atoms with Crippen molar-refractivity contribution in [2.24, 2.45) is 7.05 Å². The van der Waals surface area contributed by atoms with Gasteiger partial charge in [0.05, 0.1) is 11.0 Å². The number of carbonyl (C=O) groups excluding carboxylic acids is 1. The maximum absolute atomic E-state index is 12.6. The molecule has 3 aromatic rings. The number of aliphatic hydroxyl groups excluding tert-OH is 1. The molecule has 7 nitrogen and oxygen atoms in total. The third kappa shape index (κ3) is 4.24. The first-order valence-corrected chi connectivity index (χ1v) is 10.3. The summed E-state index contributed by atoms with van der Waals surface area (Å²) in [4.78, 5) is 11.2. The lowest BCUT2D eigenvalue weighted by Crippen LogP contribution is -2.29. The van der Waals surface area contributed by atoms with Crippen molar-refractivity contribution in [1.29, 1.82) is 0 Å². The van der Waals surface area contributed by atoms with Crippen LogP contribution in [0.4, 0.5) is 5.69 Å². The number of nitrogens with one attached hydrogen (secondary N) is 2. The van der Waals surface area contributed by atoms with Crippen molar-refractivity contribution in [3.63, 3.8) is 0 Å². The van der Waals surface area contributed by atoms with Gasteiger partial charge in [0, 0.05) is 37.9 Å². The number of hydrogen-bond acceptors (Lipinski definition) is 4. The maximum Gasteiger partial charge on any atom is 0.240 e. The molecule has 1 atom stereocenters. The number of anilines is 1. The van der Waals surface area contributed by atoms with Gasteiger partial charge in [-0.2, -0.15) is 0 Å². The molecule has 0 aliphatic heterocycles. The Balaban J connectivity index is 1.73. The Kier molecular flexibility index (Phi) is 5.55. The van der Waals surface area contributed by atoms with Crippen LogP contribution in [0, 0.1) is 6.92 Å². The van der Waals surface area contributed by atoms with Crippen LogP contribution < -0.4 is 10.0 Å². The summed E-state index contributed by atoms with van der Waals surface area (Å²) < 4.78 is 29.7. The van der Waals surface area contributed by atoms with E-state index in [9.17, 15) is 18.3 Å². The highest BCUT2D eigenvalue weighted by Crippen LogP contribution is 2.23. The normalized spacial score (nSPS) is 12.9. The van der Waals surface area contributed by atoms with Crippen LogP contribution in [-0.4, -0.2) is 30.5 Å². The van der Waals surface area contributed by atoms with E-state index in [1.54, 1.807) is 19.1 Å². The molecule has 0 bridgehead atoms. The summed E-state index contributed by atoms with van der Waals surface area (Å²) in [5.41, 5.74) is 2.70. The molecule has 0 radical (unpaired) electrons. The third-order valence-electron chi connectivity index (χ3n) is 4.55. The van der Waals surface area contributed by atoms with Gasteiger partial charge in [0.1, 0.15) is 0 Å². The number of aromatic nitrogens is 1. The van der Waals surface area contributed by atoms with E-state index in [2.05, 4.69) is 10.0 Å². The summed E-state index contributed by atoms with van der Waals surface area (Å²) in [5, 5.41) is 14.0. The number of nitrogens with zero attached hydrogens (tertiary/aromatic N) is 1. The minimum absolute atomic E-state index is 0.104. The van der Waals surface area contributed by atoms with E-state index in [0.29, 0.717) is 16.8 Å². The van der Waals surface area contributed by atoms with Gasteiger partial charge in [-0.1, -0.05) is 6.07 Å². The number of carbonyl (C=O) groups is 1. The van der Waals surface area contributed by atoms with E-state index in [1.165, 1.54) is 19.1 Å². The quantitative estimate of drug-likeness (QED) is 0.591. The van der Waals surface area contributed by atoms with Crippen molar-refractivity contribution in [2.45, 2.75) is 24.8 Å². The molecular formula is C20H23N3O4S. The van der Waals surface area contributed by atoms with Gasteiger partial charge in [-0.15, -0.1) is 0 Å². The van der Waals surface area contributed by atoms with Gasteiger partial charge in [-0.25, -0.2) is 13.1 Å². The number of rotatable bonds is 6. The smallest absolute Gasteiger partial charge is 0.240 e. The van der Waals surface area contributed by atoms with Gasteiger partial charge in [0.25, 0.3) is 0 Å². The molecule has 0 saturated heterocycles. The highest BCUT2D eigenvalue weighted by Gasteiger charge is 2.19. The SMILES string of the molecule is CC(=O)Nc1ccc(S(=O)(=O)NCC(O)c2ccc3c(ccn3C)c2)c(C)c1. The number of aliphatic hydroxyl groups is 1. The van der Waals surface area contributed by atoms with Gasteiger partial charge in [0.15, 0.2) is 0 Å². The van der Waals surface area contributed by atoms with Crippen molar-refractivity contribution >= 4 is 32.5 Å². The maximum atomic E-state index is 12.6. The second-order valence-corrected chi connectivity index (χ2v) is 8.51. The molecular weight excluding hydrogens is 378 g/mol. The largest absolute Gasteiger partial charge is 0.387 e. The lowest BCUT2D eigenvalue weighted by atomic mass is 10.1. The minimum Gasteiger partial charge on any atom is -0.387 e. The summed E-state index contributed by atoms with van der Waals surface area (Å²) >= 11 is 0. The van der Waals surface area contributed by atoms with E-state index >= 15 is 0 Å². The van der Waals surface area contributed by atoms with Crippen LogP contribution in [-0.2, 0) is 21.9 Å². The van der Waals surface area contributed by atoms with Gasteiger partial charge in [-0.05, 0) is 59.8 Å². The topological polar surface area (TPSA) is 100 Å². The van der Waals surface area contributed by atoms with Crippen molar-refractivity contribution in [3.05, 3.63) is 59.8 Å². The molecule has 3 N–H and O–H groups in total. The van der Waals surface area contributed by atoms with Gasteiger partial charge in [0.2, 0.25) is 15.9 Å². The minimum atomic E-state index is -3.80. The van der Waals surface area contributed by atoms with Crippen molar-refractivity contribution < 1.29 is 18.3 Å². The zero-order valence-electron chi connectivity index (χ0n) is 15.9. The molecule has 0 spiro atoms. The fraction of sp³-hybridized carbons (Fsp3) is 0.250. The molecule has 1 aromatic heterocycles. The predicted octanol–water partition coefficient (Wildman–Crippen LogP) is 2.46. The van der Waals surface area contributed by atoms with Crippen LogP contribution >= 0.6 is 0 Å². The molecule has 1 unspecified atom stereocenters. The monoisotopic (exact) mass is 401 g/mol. The van der Waals surface area contributed by atoms with Gasteiger partial charge >= 0.3 is 0 Å². The average molecular weight is 401 g/mol. The fourth-order valence-corrected chi connectivity index (χ4v) is 4.39. The Morgan fingerprint density at radius 2 is 1.93 bits per heavy atom. The molecule has 1 heterocycles. The second-order valence-electron chi connectivity index (χ2n) is 6.77. The summed E-state index contributed by atoms with van der Waals surface area (Å²) in [6.45, 7) is 2.89. The van der Waals surface area contributed by atoms with Crippen LogP contribution in [0.5, 0.6) is 0 Å². The van der Waals surface area contributed by atoms with E-state index in [-0.39, 0.29) is 17.3 Å². The molecule has 0 aliphatic carbocycles. The van der Waals surface area contributed by atoms with Crippen LogP contribution in [0.3, 0.4) is 0 Å².